The van der Waals surface area contributed by atoms with Crippen molar-refractivity contribution >= 4 is 28.9 Å². The second-order valence-corrected chi connectivity index (χ2v) is 6.93. The molecule has 0 saturated carbocycles. The number of aromatic nitrogens is 2. The Hall–Kier alpha value is -3.00. The Bertz CT molecular complexity index is 888. The van der Waals surface area contributed by atoms with Crippen LogP contribution in [0.1, 0.15) is 30.7 Å². The summed E-state index contributed by atoms with van der Waals surface area (Å²) in [6, 6.07) is 11.1. The maximum absolute atomic E-state index is 12.0. The van der Waals surface area contributed by atoms with Crippen molar-refractivity contribution in [2.75, 3.05) is 5.32 Å². The minimum Gasteiger partial charge on any atom is -0.481 e. The number of thiophene rings is 1. The first-order valence-electron chi connectivity index (χ1n) is 8.57. The quantitative estimate of drug-likeness (QED) is 0.581. The summed E-state index contributed by atoms with van der Waals surface area (Å²) in [4.78, 5) is 27.9. The van der Waals surface area contributed by atoms with Gasteiger partial charge < -0.3 is 14.9 Å². The Kier molecular flexibility index (Phi) is 6.32. The molecule has 7 nitrogen and oxygen atoms in total. The first-order valence-corrected chi connectivity index (χ1v) is 9.45. The zero-order valence-corrected chi connectivity index (χ0v) is 15.4. The van der Waals surface area contributed by atoms with Crippen LogP contribution in [-0.4, -0.2) is 27.1 Å². The summed E-state index contributed by atoms with van der Waals surface area (Å²) in [6.07, 6.45) is 2.06. The van der Waals surface area contributed by atoms with Gasteiger partial charge >= 0.3 is 5.97 Å². The van der Waals surface area contributed by atoms with Gasteiger partial charge in [0.1, 0.15) is 0 Å². The van der Waals surface area contributed by atoms with Gasteiger partial charge in [-0.1, -0.05) is 23.4 Å². The fourth-order valence-electron chi connectivity index (χ4n) is 2.49. The van der Waals surface area contributed by atoms with Gasteiger partial charge in [0, 0.05) is 24.9 Å². The topological polar surface area (TPSA) is 105 Å². The molecule has 8 heteroatoms. The Morgan fingerprint density at radius 1 is 1.11 bits per heavy atom. The van der Waals surface area contributed by atoms with E-state index in [1.165, 1.54) is 0 Å². The van der Waals surface area contributed by atoms with E-state index in [2.05, 4.69) is 15.5 Å². The Morgan fingerprint density at radius 3 is 2.63 bits per heavy atom. The van der Waals surface area contributed by atoms with Crippen LogP contribution < -0.4 is 5.32 Å². The molecular weight excluding hydrogens is 366 g/mol. The largest absolute Gasteiger partial charge is 0.481 e. The number of carboxylic acids is 1. The normalized spacial score (nSPS) is 10.7. The zero-order valence-electron chi connectivity index (χ0n) is 14.6. The molecule has 0 bridgehead atoms. The van der Waals surface area contributed by atoms with Gasteiger partial charge in [-0.2, -0.15) is 4.98 Å². The van der Waals surface area contributed by atoms with Gasteiger partial charge in [-0.3, -0.25) is 9.59 Å². The molecule has 2 aromatic heterocycles. The van der Waals surface area contributed by atoms with E-state index in [1.807, 2.05) is 29.6 Å². The molecule has 0 aliphatic heterocycles. The summed E-state index contributed by atoms with van der Waals surface area (Å²) in [6.45, 7) is 0. The molecule has 3 rings (SSSR count). The summed E-state index contributed by atoms with van der Waals surface area (Å²) in [5.41, 5.74) is 1.62. The summed E-state index contributed by atoms with van der Waals surface area (Å²) in [5.74, 6) is 0.184. The SMILES string of the molecule is O=C(O)CCc1ccc(NC(=O)CCCc2nc(-c3cccs3)no2)cc1. The lowest BCUT2D eigenvalue weighted by molar-refractivity contribution is -0.137. The molecule has 0 radical (unpaired) electrons. The van der Waals surface area contributed by atoms with Crippen LogP contribution in [-0.2, 0) is 22.4 Å². The van der Waals surface area contributed by atoms with Gasteiger partial charge in [0.2, 0.25) is 17.6 Å². The molecule has 0 aliphatic carbocycles. The average molecular weight is 385 g/mol. The first kappa shape index (κ1) is 18.8. The van der Waals surface area contributed by atoms with Gasteiger partial charge in [0.05, 0.1) is 4.88 Å². The van der Waals surface area contributed by atoms with Crippen LogP contribution in [0.5, 0.6) is 0 Å². The van der Waals surface area contributed by atoms with Crippen LogP contribution in [0.4, 0.5) is 5.69 Å². The predicted molar refractivity (Wildman–Crippen MR) is 102 cm³/mol. The second-order valence-electron chi connectivity index (χ2n) is 5.98. The van der Waals surface area contributed by atoms with E-state index in [-0.39, 0.29) is 12.3 Å². The highest BCUT2D eigenvalue weighted by Gasteiger charge is 2.10. The zero-order chi connectivity index (χ0) is 19.1. The highest BCUT2D eigenvalue weighted by Crippen LogP contribution is 2.21. The van der Waals surface area contributed by atoms with E-state index in [4.69, 9.17) is 9.63 Å². The molecule has 0 saturated heterocycles. The third kappa shape index (κ3) is 5.75. The molecule has 3 aromatic rings. The monoisotopic (exact) mass is 385 g/mol. The van der Waals surface area contributed by atoms with Crippen molar-refractivity contribution < 1.29 is 19.2 Å². The highest BCUT2D eigenvalue weighted by atomic mass is 32.1. The molecule has 1 amide bonds. The van der Waals surface area contributed by atoms with Crippen molar-refractivity contribution in [1.82, 2.24) is 10.1 Å². The molecule has 2 heterocycles. The standard InChI is InChI=1S/C19H19N3O4S/c23-16(20-14-9-6-13(7-10-14)8-11-18(24)25)4-1-5-17-21-19(22-26-17)15-3-2-12-27-15/h2-3,6-7,9-10,12H,1,4-5,8,11H2,(H,20,23)(H,24,25). The van der Waals surface area contributed by atoms with Gasteiger partial charge in [-0.25, -0.2) is 0 Å². The number of hydrogen-bond acceptors (Lipinski definition) is 6. The van der Waals surface area contributed by atoms with Crippen LogP contribution in [0.15, 0.2) is 46.3 Å². The fourth-order valence-corrected chi connectivity index (χ4v) is 3.14. The number of aryl methyl sites for hydroxylation is 2. The summed E-state index contributed by atoms with van der Waals surface area (Å²) in [5, 5.41) is 17.4. The number of nitrogens with one attached hydrogen (secondary N) is 1. The molecule has 0 spiro atoms. The molecule has 0 unspecified atom stereocenters. The Labute approximate surface area is 160 Å². The van der Waals surface area contributed by atoms with Gasteiger partial charge in [0.15, 0.2) is 0 Å². The van der Waals surface area contributed by atoms with Crippen molar-refractivity contribution in [3.05, 3.63) is 53.2 Å². The first-order chi connectivity index (χ1) is 13.1. The van der Waals surface area contributed by atoms with Crippen LogP contribution in [0.2, 0.25) is 0 Å². The average Bonchev–Trinajstić information content (AvgIpc) is 3.32. The molecule has 27 heavy (non-hydrogen) atoms. The van der Waals surface area contributed by atoms with Crippen LogP contribution in [0.3, 0.4) is 0 Å². The highest BCUT2D eigenvalue weighted by molar-refractivity contribution is 7.13. The van der Waals surface area contributed by atoms with Crippen LogP contribution in [0, 0.1) is 0 Å². The van der Waals surface area contributed by atoms with E-state index in [9.17, 15) is 9.59 Å². The van der Waals surface area contributed by atoms with E-state index in [0.29, 0.717) is 43.1 Å². The van der Waals surface area contributed by atoms with Crippen molar-refractivity contribution in [2.45, 2.75) is 32.1 Å². The molecule has 2 N–H and O–H groups in total. The number of hydrogen-bond donors (Lipinski definition) is 2. The van der Waals surface area contributed by atoms with E-state index in [0.717, 1.165) is 10.4 Å². The van der Waals surface area contributed by atoms with Crippen molar-refractivity contribution in [3.8, 4) is 10.7 Å². The maximum Gasteiger partial charge on any atom is 0.303 e. The van der Waals surface area contributed by atoms with E-state index < -0.39 is 5.97 Å². The number of amides is 1. The smallest absolute Gasteiger partial charge is 0.303 e. The lowest BCUT2D eigenvalue weighted by Crippen LogP contribution is -2.11. The molecule has 0 aliphatic rings. The lowest BCUT2D eigenvalue weighted by atomic mass is 10.1. The molecule has 140 valence electrons. The van der Waals surface area contributed by atoms with Gasteiger partial charge in [-0.05, 0) is 42.0 Å². The lowest BCUT2D eigenvalue weighted by Gasteiger charge is -2.06. The summed E-state index contributed by atoms with van der Waals surface area (Å²) >= 11 is 1.55. The van der Waals surface area contributed by atoms with Crippen LogP contribution >= 0.6 is 11.3 Å². The Morgan fingerprint density at radius 2 is 1.93 bits per heavy atom. The molecule has 0 fully saturated rings. The third-order valence-electron chi connectivity index (χ3n) is 3.87. The predicted octanol–water partition coefficient (Wildman–Crippen LogP) is 3.78. The Balaban J connectivity index is 1.41. The minimum absolute atomic E-state index is 0.0914. The molecule has 1 aromatic carbocycles. The third-order valence-corrected chi connectivity index (χ3v) is 4.74. The fraction of sp³-hybridized carbons (Fsp3) is 0.263. The van der Waals surface area contributed by atoms with Crippen LogP contribution in [0.25, 0.3) is 10.7 Å². The molecular formula is C19H19N3O4S. The number of nitrogens with zero attached hydrogens (tertiary/aromatic N) is 2. The van der Waals surface area contributed by atoms with E-state index in [1.54, 1.807) is 23.5 Å². The summed E-state index contributed by atoms with van der Waals surface area (Å²) < 4.78 is 5.21. The van der Waals surface area contributed by atoms with Gasteiger partial charge in [0.25, 0.3) is 0 Å². The number of anilines is 1. The minimum atomic E-state index is -0.823. The number of aliphatic carboxylic acids is 1. The van der Waals surface area contributed by atoms with Crippen molar-refractivity contribution in [2.24, 2.45) is 0 Å². The second kappa shape index (κ2) is 9.09. The number of rotatable bonds is 9. The number of carbonyl (C=O) groups is 2. The van der Waals surface area contributed by atoms with E-state index >= 15 is 0 Å². The van der Waals surface area contributed by atoms with Crippen molar-refractivity contribution in [3.63, 3.8) is 0 Å². The van der Waals surface area contributed by atoms with Gasteiger partial charge in [-0.15, -0.1) is 11.3 Å². The maximum atomic E-state index is 12.0. The number of benzene rings is 1. The number of carbonyl (C=O) groups excluding carboxylic acids is 1. The number of carboxylic acid groups (broad SMARTS) is 1. The summed E-state index contributed by atoms with van der Waals surface area (Å²) in [7, 11) is 0. The van der Waals surface area contributed by atoms with Crippen molar-refractivity contribution in [1.29, 1.82) is 0 Å². The molecule has 0 atom stereocenters.